The van der Waals surface area contributed by atoms with Crippen LogP contribution in [0.25, 0.3) is 0 Å². The number of aliphatic imine (C=N–C) groups is 1. The van der Waals surface area contributed by atoms with Gasteiger partial charge in [0.25, 0.3) is 0 Å². The molecular formula is C28H32N2O3. The highest BCUT2D eigenvalue weighted by Crippen LogP contribution is 2.44. The lowest BCUT2D eigenvalue weighted by Gasteiger charge is -2.45. The summed E-state index contributed by atoms with van der Waals surface area (Å²) in [6.45, 7) is 6.87. The van der Waals surface area contributed by atoms with E-state index in [0.717, 1.165) is 40.7 Å². The van der Waals surface area contributed by atoms with Gasteiger partial charge in [-0.3, -0.25) is 4.99 Å². The summed E-state index contributed by atoms with van der Waals surface area (Å²) in [6, 6.07) is 19.6. The van der Waals surface area contributed by atoms with Gasteiger partial charge in [0.05, 0.1) is 19.9 Å². The molecule has 0 fully saturated rings. The van der Waals surface area contributed by atoms with Gasteiger partial charge in [-0.05, 0) is 74.2 Å². The average molecular weight is 445 g/mol. The second kappa shape index (κ2) is 9.18. The Balaban J connectivity index is 1.54. The van der Waals surface area contributed by atoms with Crippen molar-refractivity contribution in [2.75, 3.05) is 26.2 Å². The van der Waals surface area contributed by atoms with Crippen LogP contribution in [0.1, 0.15) is 44.2 Å². The summed E-state index contributed by atoms with van der Waals surface area (Å²) >= 11 is 0. The van der Waals surface area contributed by atoms with Crippen molar-refractivity contribution in [1.29, 1.82) is 0 Å². The molecule has 5 nitrogen and oxygen atoms in total. The number of rotatable bonds is 6. The van der Waals surface area contributed by atoms with Crippen molar-refractivity contribution in [1.82, 2.24) is 0 Å². The van der Waals surface area contributed by atoms with Crippen LogP contribution < -0.4 is 19.1 Å². The molecule has 1 atom stereocenters. The Bertz CT molecular complexity index is 1150. The van der Waals surface area contributed by atoms with E-state index in [0.29, 0.717) is 5.92 Å². The molecule has 3 aromatic carbocycles. The third kappa shape index (κ3) is 4.82. The van der Waals surface area contributed by atoms with Gasteiger partial charge < -0.3 is 19.1 Å². The Morgan fingerprint density at radius 2 is 1.67 bits per heavy atom. The number of methoxy groups -OCH3 is 2. The van der Waals surface area contributed by atoms with Crippen LogP contribution in [0.15, 0.2) is 65.7 Å². The molecule has 172 valence electrons. The van der Waals surface area contributed by atoms with Crippen molar-refractivity contribution >= 4 is 17.6 Å². The number of ether oxygens (including phenoxy) is 3. The minimum Gasteiger partial charge on any atom is -0.497 e. The molecule has 0 spiro atoms. The minimum atomic E-state index is 0.113. The lowest BCUT2D eigenvalue weighted by atomic mass is 9.80. The van der Waals surface area contributed by atoms with Crippen molar-refractivity contribution < 1.29 is 14.2 Å². The molecule has 3 aromatic rings. The van der Waals surface area contributed by atoms with Crippen molar-refractivity contribution in [2.24, 2.45) is 4.99 Å². The Morgan fingerprint density at radius 3 is 2.36 bits per heavy atom. The summed E-state index contributed by atoms with van der Waals surface area (Å²) in [5, 5.41) is 0. The van der Waals surface area contributed by atoms with Gasteiger partial charge in [0.2, 0.25) is 0 Å². The van der Waals surface area contributed by atoms with E-state index in [1.807, 2.05) is 54.7 Å². The first kappa shape index (κ1) is 22.7. The molecule has 5 heteroatoms. The number of fused-ring (bicyclic) bond motifs is 1. The Hall–Kier alpha value is -3.47. The largest absolute Gasteiger partial charge is 0.497 e. The predicted octanol–water partition coefficient (Wildman–Crippen LogP) is 6.97. The number of benzene rings is 3. The number of hydrogen-bond acceptors (Lipinski definition) is 5. The molecule has 0 saturated heterocycles. The van der Waals surface area contributed by atoms with E-state index in [4.69, 9.17) is 14.2 Å². The fourth-order valence-electron chi connectivity index (χ4n) is 4.43. The molecule has 1 aliphatic heterocycles. The van der Waals surface area contributed by atoms with Gasteiger partial charge in [0.15, 0.2) is 0 Å². The molecule has 1 aliphatic rings. The zero-order valence-electron chi connectivity index (χ0n) is 20.3. The quantitative estimate of drug-likeness (QED) is 0.385. The van der Waals surface area contributed by atoms with Gasteiger partial charge >= 0.3 is 0 Å². The standard InChI is InChI=1S/C28H32N2O3/c1-19-17-28(2,3)30(4)26-16-27(32-6)20(14-25(19)26)18-29-21-10-12-22(13-11-21)33-24-9-7-8-23(15-24)31-5/h7-16,18-19H,17H2,1-6H3. The molecule has 1 heterocycles. The van der Waals surface area contributed by atoms with Crippen LogP contribution >= 0.6 is 0 Å². The van der Waals surface area contributed by atoms with Crippen LogP contribution in [0.5, 0.6) is 23.0 Å². The van der Waals surface area contributed by atoms with Crippen molar-refractivity contribution in [3.8, 4) is 23.0 Å². The SMILES string of the molecule is COc1cccc(Oc2ccc(N=Cc3cc4c(cc3OC)N(C)C(C)(C)CC4C)cc2)c1. The summed E-state index contributed by atoms with van der Waals surface area (Å²) in [7, 11) is 5.51. The molecule has 4 rings (SSSR count). The van der Waals surface area contributed by atoms with Crippen LogP contribution in [0.4, 0.5) is 11.4 Å². The van der Waals surface area contributed by atoms with Crippen LogP contribution in [0.3, 0.4) is 0 Å². The molecule has 0 aromatic heterocycles. The predicted molar refractivity (Wildman–Crippen MR) is 135 cm³/mol. The zero-order chi connectivity index (χ0) is 23.6. The average Bonchev–Trinajstić information content (AvgIpc) is 2.81. The van der Waals surface area contributed by atoms with E-state index in [9.17, 15) is 0 Å². The second-order valence-electron chi connectivity index (χ2n) is 9.16. The first-order valence-corrected chi connectivity index (χ1v) is 11.2. The smallest absolute Gasteiger partial charge is 0.131 e. The molecule has 0 bridgehead atoms. The molecular weight excluding hydrogens is 412 g/mol. The van der Waals surface area contributed by atoms with Gasteiger partial charge in [0, 0.05) is 42.2 Å². The summed E-state index contributed by atoms with van der Waals surface area (Å²) < 4.78 is 16.9. The normalized spacial score (nSPS) is 17.0. The molecule has 0 N–H and O–H groups in total. The maximum atomic E-state index is 5.92. The molecule has 33 heavy (non-hydrogen) atoms. The topological polar surface area (TPSA) is 43.3 Å². The first-order valence-electron chi connectivity index (χ1n) is 11.2. The minimum absolute atomic E-state index is 0.113. The zero-order valence-corrected chi connectivity index (χ0v) is 20.3. The van der Waals surface area contributed by atoms with Crippen LogP contribution in [0.2, 0.25) is 0 Å². The third-order valence-corrected chi connectivity index (χ3v) is 6.45. The maximum Gasteiger partial charge on any atom is 0.131 e. The van der Waals surface area contributed by atoms with Gasteiger partial charge in [-0.2, -0.15) is 0 Å². The van der Waals surface area contributed by atoms with Gasteiger partial charge in [-0.15, -0.1) is 0 Å². The van der Waals surface area contributed by atoms with E-state index < -0.39 is 0 Å². The Labute approximate surface area is 196 Å². The Morgan fingerprint density at radius 1 is 0.939 bits per heavy atom. The highest BCUT2D eigenvalue weighted by atomic mass is 16.5. The van der Waals surface area contributed by atoms with E-state index in [2.05, 4.69) is 49.8 Å². The van der Waals surface area contributed by atoms with Crippen LogP contribution in [-0.2, 0) is 0 Å². The monoisotopic (exact) mass is 444 g/mol. The number of hydrogen-bond donors (Lipinski definition) is 0. The lowest BCUT2D eigenvalue weighted by Crippen LogP contribution is -2.45. The third-order valence-electron chi connectivity index (χ3n) is 6.45. The van der Waals surface area contributed by atoms with E-state index in [-0.39, 0.29) is 5.54 Å². The van der Waals surface area contributed by atoms with E-state index in [1.54, 1.807) is 14.2 Å². The van der Waals surface area contributed by atoms with Crippen molar-refractivity contribution in [3.05, 3.63) is 71.8 Å². The van der Waals surface area contributed by atoms with Crippen molar-refractivity contribution in [3.63, 3.8) is 0 Å². The summed E-state index contributed by atoms with van der Waals surface area (Å²) in [5.41, 5.74) is 4.50. The molecule has 0 aliphatic carbocycles. The first-order chi connectivity index (χ1) is 15.8. The summed E-state index contributed by atoms with van der Waals surface area (Å²) in [4.78, 5) is 7.04. The fourth-order valence-corrected chi connectivity index (χ4v) is 4.43. The molecule has 0 amide bonds. The van der Waals surface area contributed by atoms with Gasteiger partial charge in [-0.1, -0.05) is 13.0 Å². The maximum absolute atomic E-state index is 5.92. The molecule has 0 saturated carbocycles. The highest BCUT2D eigenvalue weighted by molar-refractivity contribution is 5.87. The van der Waals surface area contributed by atoms with E-state index in [1.165, 1.54) is 11.3 Å². The Kier molecular flexibility index (Phi) is 6.32. The van der Waals surface area contributed by atoms with Crippen LogP contribution in [-0.4, -0.2) is 33.0 Å². The van der Waals surface area contributed by atoms with Gasteiger partial charge in [0.1, 0.15) is 23.0 Å². The lowest BCUT2D eigenvalue weighted by molar-refractivity contribution is 0.389. The number of nitrogens with zero attached hydrogens (tertiary/aromatic N) is 2. The van der Waals surface area contributed by atoms with Crippen LogP contribution in [0, 0.1) is 0 Å². The summed E-state index contributed by atoms with van der Waals surface area (Å²) in [6.07, 6.45) is 2.98. The second-order valence-corrected chi connectivity index (χ2v) is 9.16. The van der Waals surface area contributed by atoms with E-state index >= 15 is 0 Å². The fraction of sp³-hybridized carbons (Fsp3) is 0.321. The highest BCUT2D eigenvalue weighted by Gasteiger charge is 2.34. The molecule has 1 unspecified atom stereocenters. The number of anilines is 1. The molecule has 0 radical (unpaired) electrons. The van der Waals surface area contributed by atoms with Gasteiger partial charge in [-0.25, -0.2) is 0 Å². The summed E-state index contributed by atoms with van der Waals surface area (Å²) in [5.74, 6) is 3.53. The van der Waals surface area contributed by atoms with Crippen molar-refractivity contribution in [2.45, 2.75) is 38.6 Å².